The first-order chi connectivity index (χ1) is 3.41. The summed E-state index contributed by atoms with van der Waals surface area (Å²) in [5, 5.41) is 0. The number of nitrogens with zero attached hydrogens (tertiary/aromatic N) is 2. The normalized spacial score (nSPS) is 11.7. The molecule has 0 aliphatic heterocycles. The van der Waals surface area contributed by atoms with E-state index in [-0.39, 0.29) is 0 Å². The molecular formula is C5H10N2. The minimum absolute atomic E-state index is 0.839. The van der Waals surface area contributed by atoms with Crippen molar-refractivity contribution in [2.24, 2.45) is 9.98 Å². The van der Waals surface area contributed by atoms with Crippen LogP contribution in [0.15, 0.2) is 9.98 Å². The average molecular weight is 98.1 g/mol. The lowest BCUT2D eigenvalue weighted by Crippen LogP contribution is -1.74. The quantitative estimate of drug-likeness (QED) is 0.456. The van der Waals surface area contributed by atoms with Gasteiger partial charge in [0.25, 0.3) is 0 Å². The number of aliphatic imine (C=N–C) groups is 2. The van der Waals surface area contributed by atoms with Crippen LogP contribution in [0.4, 0.5) is 0 Å². The van der Waals surface area contributed by atoms with Gasteiger partial charge in [-0.2, -0.15) is 0 Å². The molecule has 40 valence electrons. The van der Waals surface area contributed by atoms with Crippen molar-refractivity contribution >= 4 is 12.4 Å². The van der Waals surface area contributed by atoms with Crippen LogP contribution in [0.5, 0.6) is 0 Å². The zero-order valence-electron chi connectivity index (χ0n) is 4.76. The Labute approximate surface area is 44.0 Å². The standard InChI is InChI=1S/C5H10N2/c1-3-7-5-4-6-2/h4-5H,3H2,1-2H3/b6-4-,7-5-. The summed E-state index contributed by atoms with van der Waals surface area (Å²) in [6.07, 6.45) is 3.36. The van der Waals surface area contributed by atoms with Crippen molar-refractivity contribution in [1.82, 2.24) is 0 Å². The molecular weight excluding hydrogens is 88.1 g/mol. The second-order valence-corrected chi connectivity index (χ2v) is 1.06. The highest BCUT2D eigenvalue weighted by Gasteiger charge is 1.58. The highest BCUT2D eigenvalue weighted by Crippen LogP contribution is 1.58. The lowest BCUT2D eigenvalue weighted by molar-refractivity contribution is 1.14. The van der Waals surface area contributed by atoms with Crippen LogP contribution in [0.3, 0.4) is 0 Å². The number of hydrogen-bond acceptors (Lipinski definition) is 2. The summed E-state index contributed by atoms with van der Waals surface area (Å²) in [5.41, 5.74) is 0. The molecule has 0 saturated carbocycles. The van der Waals surface area contributed by atoms with E-state index in [1.54, 1.807) is 19.5 Å². The fourth-order valence-corrected chi connectivity index (χ4v) is 0.219. The molecule has 0 atom stereocenters. The molecule has 0 saturated heterocycles. The van der Waals surface area contributed by atoms with E-state index in [2.05, 4.69) is 9.98 Å². The maximum absolute atomic E-state index is 3.89. The third-order valence-electron chi connectivity index (χ3n) is 0.504. The van der Waals surface area contributed by atoms with Crippen LogP contribution in [-0.4, -0.2) is 26.0 Å². The van der Waals surface area contributed by atoms with Crippen LogP contribution in [0.1, 0.15) is 6.92 Å². The molecule has 0 fully saturated rings. The lowest BCUT2D eigenvalue weighted by Gasteiger charge is -1.72. The number of hydrogen-bond donors (Lipinski definition) is 0. The highest BCUT2D eigenvalue weighted by molar-refractivity contribution is 6.15. The van der Waals surface area contributed by atoms with Gasteiger partial charge in [-0.05, 0) is 6.92 Å². The van der Waals surface area contributed by atoms with E-state index in [0.29, 0.717) is 0 Å². The summed E-state index contributed by atoms with van der Waals surface area (Å²) in [7, 11) is 1.72. The SMILES string of the molecule is CC/N=C\C=N/C. The maximum atomic E-state index is 3.89. The summed E-state index contributed by atoms with van der Waals surface area (Å²) in [4.78, 5) is 7.59. The molecule has 0 N–H and O–H groups in total. The Kier molecular flexibility index (Phi) is 4.84. The molecule has 0 amide bonds. The van der Waals surface area contributed by atoms with Gasteiger partial charge in [-0.15, -0.1) is 0 Å². The lowest BCUT2D eigenvalue weighted by atomic mass is 10.7. The van der Waals surface area contributed by atoms with Gasteiger partial charge < -0.3 is 0 Å². The van der Waals surface area contributed by atoms with E-state index >= 15 is 0 Å². The Balaban J connectivity index is 3.09. The molecule has 7 heavy (non-hydrogen) atoms. The molecule has 0 radical (unpaired) electrons. The first-order valence-corrected chi connectivity index (χ1v) is 2.32. The molecule has 2 nitrogen and oxygen atoms in total. The minimum Gasteiger partial charge on any atom is -0.295 e. The summed E-state index contributed by atoms with van der Waals surface area (Å²) in [5.74, 6) is 0. The van der Waals surface area contributed by atoms with Gasteiger partial charge in [0.1, 0.15) is 0 Å². The molecule has 0 aromatic heterocycles. The second-order valence-electron chi connectivity index (χ2n) is 1.06. The molecule has 0 unspecified atom stereocenters. The van der Waals surface area contributed by atoms with Gasteiger partial charge in [-0.3, -0.25) is 9.98 Å². The summed E-state index contributed by atoms with van der Waals surface area (Å²) in [6, 6.07) is 0. The van der Waals surface area contributed by atoms with Crippen LogP contribution in [0, 0.1) is 0 Å². The fourth-order valence-electron chi connectivity index (χ4n) is 0.219. The molecule has 0 aliphatic rings. The predicted molar refractivity (Wildman–Crippen MR) is 33.4 cm³/mol. The first kappa shape index (κ1) is 6.34. The van der Waals surface area contributed by atoms with Gasteiger partial charge in [-0.25, -0.2) is 0 Å². The Morgan fingerprint density at radius 3 is 2.57 bits per heavy atom. The molecule has 0 aromatic rings. The molecule has 0 bridgehead atoms. The van der Waals surface area contributed by atoms with Crippen LogP contribution in [-0.2, 0) is 0 Å². The van der Waals surface area contributed by atoms with E-state index in [1.807, 2.05) is 6.92 Å². The van der Waals surface area contributed by atoms with Crippen molar-refractivity contribution in [3.05, 3.63) is 0 Å². The van der Waals surface area contributed by atoms with E-state index in [4.69, 9.17) is 0 Å². The number of rotatable bonds is 2. The minimum atomic E-state index is 0.839. The average Bonchev–Trinajstić information content (AvgIpc) is 1.69. The van der Waals surface area contributed by atoms with Crippen LogP contribution < -0.4 is 0 Å². The van der Waals surface area contributed by atoms with Crippen molar-refractivity contribution in [2.75, 3.05) is 13.6 Å². The molecule has 0 aliphatic carbocycles. The maximum Gasteiger partial charge on any atom is 0.0390 e. The van der Waals surface area contributed by atoms with Crippen molar-refractivity contribution in [1.29, 1.82) is 0 Å². The van der Waals surface area contributed by atoms with E-state index in [9.17, 15) is 0 Å². The third-order valence-corrected chi connectivity index (χ3v) is 0.504. The fraction of sp³-hybridized carbons (Fsp3) is 0.600. The van der Waals surface area contributed by atoms with Crippen LogP contribution in [0.25, 0.3) is 0 Å². The molecule has 0 rings (SSSR count). The van der Waals surface area contributed by atoms with Gasteiger partial charge in [0.05, 0.1) is 0 Å². The van der Waals surface area contributed by atoms with Gasteiger partial charge in [0.2, 0.25) is 0 Å². The van der Waals surface area contributed by atoms with Crippen LogP contribution in [0.2, 0.25) is 0 Å². The van der Waals surface area contributed by atoms with Crippen molar-refractivity contribution < 1.29 is 0 Å². The first-order valence-electron chi connectivity index (χ1n) is 2.32. The predicted octanol–water partition coefficient (Wildman–Crippen LogP) is 0.778. The second kappa shape index (κ2) is 5.34. The van der Waals surface area contributed by atoms with Gasteiger partial charge in [-0.1, -0.05) is 0 Å². The Hall–Kier alpha value is -0.660. The van der Waals surface area contributed by atoms with Crippen LogP contribution >= 0.6 is 0 Å². The zero-order chi connectivity index (χ0) is 5.54. The summed E-state index contributed by atoms with van der Waals surface area (Å²) >= 11 is 0. The van der Waals surface area contributed by atoms with Gasteiger partial charge >= 0.3 is 0 Å². The highest BCUT2D eigenvalue weighted by atomic mass is 14.7. The monoisotopic (exact) mass is 98.1 g/mol. The largest absolute Gasteiger partial charge is 0.295 e. The van der Waals surface area contributed by atoms with Crippen molar-refractivity contribution in [2.45, 2.75) is 6.92 Å². The van der Waals surface area contributed by atoms with Crippen molar-refractivity contribution in [3.63, 3.8) is 0 Å². The molecule has 0 heterocycles. The zero-order valence-corrected chi connectivity index (χ0v) is 4.76. The molecule has 0 aromatic carbocycles. The van der Waals surface area contributed by atoms with E-state index < -0.39 is 0 Å². The Bertz CT molecular complexity index is 74.1. The topological polar surface area (TPSA) is 24.7 Å². The third kappa shape index (κ3) is 5.34. The van der Waals surface area contributed by atoms with Crippen molar-refractivity contribution in [3.8, 4) is 0 Å². The molecule has 2 heteroatoms. The Morgan fingerprint density at radius 2 is 2.14 bits per heavy atom. The Morgan fingerprint density at radius 1 is 1.43 bits per heavy atom. The van der Waals surface area contributed by atoms with Gasteiger partial charge in [0, 0.05) is 26.0 Å². The smallest absolute Gasteiger partial charge is 0.0390 e. The van der Waals surface area contributed by atoms with E-state index in [1.165, 1.54) is 0 Å². The van der Waals surface area contributed by atoms with Gasteiger partial charge in [0.15, 0.2) is 0 Å². The molecule has 0 spiro atoms. The summed E-state index contributed by atoms with van der Waals surface area (Å²) in [6.45, 7) is 2.83. The van der Waals surface area contributed by atoms with E-state index in [0.717, 1.165) is 6.54 Å². The summed E-state index contributed by atoms with van der Waals surface area (Å²) < 4.78 is 0.